The van der Waals surface area contributed by atoms with Gasteiger partial charge in [0.1, 0.15) is 17.1 Å². The summed E-state index contributed by atoms with van der Waals surface area (Å²) in [5, 5.41) is 17.1. The van der Waals surface area contributed by atoms with E-state index >= 15 is 0 Å². The summed E-state index contributed by atoms with van der Waals surface area (Å²) >= 11 is 0. The molecule has 0 spiro atoms. The highest BCUT2D eigenvalue weighted by Crippen LogP contribution is 2.20. The molecule has 2 heterocycles. The van der Waals surface area contributed by atoms with Gasteiger partial charge in [-0.1, -0.05) is 13.3 Å². The molecular weight excluding hydrogens is 306 g/mol. The van der Waals surface area contributed by atoms with E-state index in [1.807, 2.05) is 12.1 Å². The van der Waals surface area contributed by atoms with E-state index in [4.69, 9.17) is 8.83 Å². The lowest BCUT2D eigenvalue weighted by Gasteiger charge is -2.19. The number of guanidine groups is 1. The number of furan rings is 2. The fourth-order valence-corrected chi connectivity index (χ4v) is 2.21. The molecule has 24 heavy (non-hydrogen) atoms. The molecule has 132 valence electrons. The smallest absolute Gasteiger partial charge is 0.191 e. The average Bonchev–Trinajstić information content (AvgIpc) is 3.26. The van der Waals surface area contributed by atoms with Gasteiger partial charge in [0.25, 0.3) is 0 Å². The summed E-state index contributed by atoms with van der Waals surface area (Å²) in [6.07, 6.45) is 6.17. The summed E-state index contributed by atoms with van der Waals surface area (Å²) in [7, 11) is 0. The fourth-order valence-electron chi connectivity index (χ4n) is 2.21. The summed E-state index contributed by atoms with van der Waals surface area (Å²) in [5.74, 6) is 2.12. The van der Waals surface area contributed by atoms with Crippen LogP contribution in [0.5, 0.6) is 0 Å². The Morgan fingerprint density at radius 1 is 1.17 bits per heavy atom. The first-order valence-electron chi connectivity index (χ1n) is 8.43. The van der Waals surface area contributed by atoms with Crippen molar-refractivity contribution < 1.29 is 13.9 Å². The summed E-state index contributed by atoms with van der Waals surface area (Å²) in [6.45, 7) is 5.59. The van der Waals surface area contributed by atoms with Gasteiger partial charge in [0.05, 0.1) is 19.1 Å². The first-order valence-corrected chi connectivity index (χ1v) is 8.43. The average molecular weight is 333 g/mol. The Bertz CT molecular complexity index is 589. The number of aliphatic imine (C=N–C) groups is 1. The molecule has 3 N–H and O–H groups in total. The number of hydrogen-bond acceptors (Lipinski definition) is 4. The fraction of sp³-hybridized carbons (Fsp3) is 0.500. The molecule has 0 saturated carbocycles. The molecule has 0 fully saturated rings. The van der Waals surface area contributed by atoms with Gasteiger partial charge in [-0.05, 0) is 37.6 Å². The molecule has 0 amide bonds. The van der Waals surface area contributed by atoms with Crippen molar-refractivity contribution in [1.29, 1.82) is 0 Å². The van der Waals surface area contributed by atoms with Crippen molar-refractivity contribution in [2.45, 2.75) is 38.7 Å². The van der Waals surface area contributed by atoms with Crippen molar-refractivity contribution in [2.24, 2.45) is 4.99 Å². The molecule has 2 aromatic heterocycles. The van der Waals surface area contributed by atoms with Crippen molar-refractivity contribution >= 4 is 5.96 Å². The third-order valence-corrected chi connectivity index (χ3v) is 3.66. The molecule has 1 unspecified atom stereocenters. The second-order valence-corrected chi connectivity index (χ2v) is 5.95. The van der Waals surface area contributed by atoms with Crippen LogP contribution in [0.25, 0.3) is 0 Å². The molecular formula is C18H27N3O3. The monoisotopic (exact) mass is 333 g/mol. The molecule has 0 bridgehead atoms. The van der Waals surface area contributed by atoms with E-state index < -0.39 is 5.60 Å². The Labute approximate surface area is 143 Å². The largest absolute Gasteiger partial charge is 0.469 e. The zero-order valence-electron chi connectivity index (χ0n) is 14.4. The van der Waals surface area contributed by atoms with Crippen LogP contribution in [0.3, 0.4) is 0 Å². The van der Waals surface area contributed by atoms with E-state index in [1.54, 1.807) is 31.6 Å². The molecule has 1 atom stereocenters. The number of unbranched alkanes of at least 4 members (excludes halogenated alkanes) is 1. The van der Waals surface area contributed by atoms with Crippen LogP contribution in [0.2, 0.25) is 0 Å². The SMILES string of the molecule is CCCCNC(=NCC(C)(O)c1ccco1)NCCc1ccco1. The molecule has 6 heteroatoms. The van der Waals surface area contributed by atoms with Crippen molar-refractivity contribution in [3.05, 3.63) is 48.3 Å². The Hall–Kier alpha value is -2.21. The standard InChI is InChI=1S/C18H27N3O3/c1-3-4-10-19-17(20-11-9-15-7-5-12-23-15)21-14-18(2,22)16-8-6-13-24-16/h5-8,12-13,22H,3-4,9-11,14H2,1-2H3,(H2,19,20,21). The van der Waals surface area contributed by atoms with Crippen molar-refractivity contribution in [2.75, 3.05) is 19.6 Å². The zero-order chi connectivity index (χ0) is 17.3. The Morgan fingerprint density at radius 3 is 2.58 bits per heavy atom. The van der Waals surface area contributed by atoms with Gasteiger partial charge in [0, 0.05) is 19.5 Å². The van der Waals surface area contributed by atoms with Gasteiger partial charge in [0.2, 0.25) is 0 Å². The van der Waals surface area contributed by atoms with Crippen molar-refractivity contribution in [3.8, 4) is 0 Å². The normalized spacial score (nSPS) is 14.4. The van der Waals surface area contributed by atoms with E-state index in [9.17, 15) is 5.11 Å². The van der Waals surface area contributed by atoms with Crippen molar-refractivity contribution in [3.63, 3.8) is 0 Å². The second kappa shape index (κ2) is 9.17. The van der Waals surface area contributed by atoms with E-state index in [2.05, 4.69) is 22.5 Å². The maximum Gasteiger partial charge on any atom is 0.191 e. The van der Waals surface area contributed by atoms with E-state index in [1.165, 1.54) is 0 Å². The molecule has 0 aliphatic rings. The minimum atomic E-state index is -1.14. The van der Waals surface area contributed by atoms with Gasteiger partial charge >= 0.3 is 0 Å². The first-order chi connectivity index (χ1) is 11.6. The molecule has 0 aromatic carbocycles. The minimum absolute atomic E-state index is 0.211. The minimum Gasteiger partial charge on any atom is -0.469 e. The Balaban J connectivity index is 1.90. The van der Waals surface area contributed by atoms with Crippen molar-refractivity contribution in [1.82, 2.24) is 10.6 Å². The quantitative estimate of drug-likeness (QED) is 0.373. The predicted octanol–water partition coefficient (Wildman–Crippen LogP) is 2.66. The van der Waals surface area contributed by atoms with Crippen LogP contribution in [-0.2, 0) is 12.0 Å². The zero-order valence-corrected chi connectivity index (χ0v) is 14.4. The third-order valence-electron chi connectivity index (χ3n) is 3.66. The highest BCUT2D eigenvalue weighted by molar-refractivity contribution is 5.79. The van der Waals surface area contributed by atoms with Crippen LogP contribution in [0.1, 0.15) is 38.2 Å². The molecule has 0 radical (unpaired) electrons. The number of aliphatic hydroxyl groups is 1. The second-order valence-electron chi connectivity index (χ2n) is 5.95. The molecule has 6 nitrogen and oxygen atoms in total. The van der Waals surface area contributed by atoms with Gasteiger partial charge in [-0.15, -0.1) is 0 Å². The summed E-state index contributed by atoms with van der Waals surface area (Å²) in [6, 6.07) is 7.34. The van der Waals surface area contributed by atoms with Gasteiger partial charge in [-0.3, -0.25) is 0 Å². The number of nitrogens with one attached hydrogen (secondary N) is 2. The molecule has 2 aromatic rings. The lowest BCUT2D eigenvalue weighted by Crippen LogP contribution is -2.40. The van der Waals surface area contributed by atoms with Gasteiger partial charge in [-0.25, -0.2) is 4.99 Å². The first kappa shape index (κ1) is 18.1. The molecule has 0 aliphatic carbocycles. The van der Waals surface area contributed by atoms with Gasteiger partial charge in [-0.2, -0.15) is 0 Å². The molecule has 0 aliphatic heterocycles. The van der Waals surface area contributed by atoms with E-state index in [0.717, 1.165) is 31.6 Å². The summed E-state index contributed by atoms with van der Waals surface area (Å²) in [5.41, 5.74) is -1.14. The van der Waals surface area contributed by atoms with Crippen LogP contribution >= 0.6 is 0 Å². The third kappa shape index (κ3) is 5.77. The van der Waals surface area contributed by atoms with Gasteiger partial charge in [0.15, 0.2) is 5.96 Å². The maximum atomic E-state index is 10.5. The predicted molar refractivity (Wildman–Crippen MR) is 93.9 cm³/mol. The molecule has 2 rings (SSSR count). The maximum absolute atomic E-state index is 10.5. The van der Waals surface area contributed by atoms with Crippen LogP contribution in [-0.4, -0.2) is 30.7 Å². The summed E-state index contributed by atoms with van der Waals surface area (Å²) in [4.78, 5) is 4.50. The molecule has 0 saturated heterocycles. The number of rotatable bonds is 9. The van der Waals surface area contributed by atoms with E-state index in [0.29, 0.717) is 18.3 Å². The Kier molecular flexibility index (Phi) is 6.93. The lowest BCUT2D eigenvalue weighted by molar-refractivity contribution is 0.0437. The Morgan fingerprint density at radius 2 is 1.92 bits per heavy atom. The van der Waals surface area contributed by atoms with Crippen LogP contribution in [0.4, 0.5) is 0 Å². The highest BCUT2D eigenvalue weighted by Gasteiger charge is 2.26. The van der Waals surface area contributed by atoms with Crippen LogP contribution in [0, 0.1) is 0 Å². The number of hydrogen-bond donors (Lipinski definition) is 3. The van der Waals surface area contributed by atoms with E-state index in [-0.39, 0.29) is 6.54 Å². The van der Waals surface area contributed by atoms with Gasteiger partial charge < -0.3 is 24.6 Å². The topological polar surface area (TPSA) is 82.9 Å². The lowest BCUT2D eigenvalue weighted by atomic mass is 10.0. The number of nitrogens with zero attached hydrogens (tertiary/aromatic N) is 1. The van der Waals surface area contributed by atoms with Crippen LogP contribution < -0.4 is 10.6 Å². The van der Waals surface area contributed by atoms with Crippen LogP contribution in [0.15, 0.2) is 50.6 Å². The summed E-state index contributed by atoms with van der Waals surface area (Å²) < 4.78 is 10.6. The highest BCUT2D eigenvalue weighted by atomic mass is 16.4.